The molecule has 56 heavy (non-hydrogen) atoms. The highest BCUT2D eigenvalue weighted by molar-refractivity contribution is 5.92. The number of esters is 4. The van der Waals surface area contributed by atoms with E-state index in [2.05, 4.69) is 0 Å². The van der Waals surface area contributed by atoms with Crippen LogP contribution < -0.4 is 0 Å². The predicted octanol–water partition coefficient (Wildman–Crippen LogP) is 4.39. The van der Waals surface area contributed by atoms with E-state index in [0.717, 1.165) is 0 Å². The average Bonchev–Trinajstić information content (AvgIpc) is 3.89. The van der Waals surface area contributed by atoms with Gasteiger partial charge in [-0.25, -0.2) is 0 Å². The Hall–Kier alpha value is -2.69. The summed E-state index contributed by atoms with van der Waals surface area (Å²) in [5.74, 6) is -4.83. The van der Waals surface area contributed by atoms with Crippen molar-refractivity contribution in [2.45, 2.75) is 181 Å². The first-order chi connectivity index (χ1) is 26.2. The van der Waals surface area contributed by atoms with Crippen molar-refractivity contribution in [3.63, 3.8) is 0 Å². The molecule has 1 spiro atoms. The lowest BCUT2D eigenvalue weighted by Crippen LogP contribution is -2.57. The second kappa shape index (κ2) is 19.4. The van der Waals surface area contributed by atoms with E-state index in [0.29, 0.717) is 19.3 Å². The topological polar surface area (TPSA) is 175 Å². The van der Waals surface area contributed by atoms with Crippen molar-refractivity contribution >= 4 is 29.7 Å². The van der Waals surface area contributed by atoms with Gasteiger partial charge in [0.15, 0.2) is 30.1 Å². The first kappa shape index (κ1) is 46.0. The summed E-state index contributed by atoms with van der Waals surface area (Å²) < 4.78 is 55.7. The smallest absolute Gasteiger partial charge is 0.311 e. The van der Waals surface area contributed by atoms with Crippen LogP contribution in [0.1, 0.15) is 108 Å². The summed E-state index contributed by atoms with van der Waals surface area (Å²) in [5.41, 5.74) is -1.16. The maximum Gasteiger partial charge on any atom is 0.311 e. The van der Waals surface area contributed by atoms with Gasteiger partial charge in [0.2, 0.25) is 0 Å². The maximum absolute atomic E-state index is 14.3. The number of Topliss-reactive ketones (excluding diaryl/α,β-unsaturated/α-hetero) is 1. The average molecular weight is 798 g/mol. The summed E-state index contributed by atoms with van der Waals surface area (Å²) in [6, 6.07) is -0.224. The molecule has 15 heteroatoms. The van der Waals surface area contributed by atoms with E-state index in [1.54, 1.807) is 27.7 Å². The van der Waals surface area contributed by atoms with E-state index in [1.165, 1.54) is 20.8 Å². The Bertz CT molecular complexity index is 1390. The molecular formula is C41H67NO14. The van der Waals surface area contributed by atoms with Crippen LogP contribution >= 0.6 is 0 Å². The molecule has 0 bridgehead atoms. The zero-order chi connectivity index (χ0) is 41.8. The highest BCUT2D eigenvalue weighted by Gasteiger charge is 2.57. The fourth-order valence-electron chi connectivity index (χ4n) is 8.70. The molecule has 0 radical (unpaired) electrons. The number of cyclic esters (lactones) is 1. The van der Waals surface area contributed by atoms with Crippen molar-refractivity contribution in [2.24, 2.45) is 29.6 Å². The van der Waals surface area contributed by atoms with Crippen LogP contribution in [-0.4, -0.2) is 128 Å². The first-order valence-electron chi connectivity index (χ1n) is 20.4. The number of carbonyl (C=O) groups excluding carboxylic acids is 5. The molecule has 1 unspecified atom stereocenters. The molecular weight excluding hydrogens is 730 g/mol. The van der Waals surface area contributed by atoms with E-state index in [-0.39, 0.29) is 43.3 Å². The third-order valence-corrected chi connectivity index (χ3v) is 12.2. The predicted molar refractivity (Wildman–Crippen MR) is 201 cm³/mol. The number of epoxide rings is 1. The largest absolute Gasteiger partial charge is 0.462 e. The lowest BCUT2D eigenvalue weighted by molar-refractivity contribution is -0.289. The minimum Gasteiger partial charge on any atom is -0.462 e. The molecule has 0 amide bonds. The van der Waals surface area contributed by atoms with Gasteiger partial charge in [-0.3, -0.25) is 24.0 Å². The molecule has 4 heterocycles. The van der Waals surface area contributed by atoms with E-state index >= 15 is 0 Å². The number of ether oxygens (including phenoxy) is 9. The Morgan fingerprint density at radius 1 is 0.750 bits per heavy atom. The van der Waals surface area contributed by atoms with Crippen LogP contribution in [0.3, 0.4) is 0 Å². The molecule has 4 rings (SSSR count). The standard InChI is InChI=1S/C41H67NO14/c1-14-30-16-34(50-26(8)36(30)53-28(10)44)55-33-17-32(56-40-37(54-29(11)45)31(42(12)13)15-21(3)49-40)20(2)18-41(19-48-41)38(46)24(6)35(52-27(9)43)22(4)25(7)51-39(47)23(33)5/h20-26,30-37,40H,14-19H2,1-13H3/t20-,21+,22-,23+,24+,25+,26-,30-,31-,32+,33?,34-,35-,36-,37+,40-,41+/m1/s1. The summed E-state index contributed by atoms with van der Waals surface area (Å²) in [5, 5.41) is 0. The highest BCUT2D eigenvalue weighted by Crippen LogP contribution is 2.43. The molecule has 0 aromatic heterocycles. The molecule has 15 nitrogen and oxygen atoms in total. The van der Waals surface area contributed by atoms with E-state index in [9.17, 15) is 24.0 Å². The Kier molecular flexibility index (Phi) is 15.9. The fraction of sp³-hybridized carbons (Fsp3) is 0.878. The van der Waals surface area contributed by atoms with Crippen LogP contribution in [0.2, 0.25) is 0 Å². The van der Waals surface area contributed by atoms with Crippen LogP contribution in [-0.2, 0) is 66.6 Å². The molecule has 0 aromatic rings. The second-order valence-corrected chi connectivity index (χ2v) is 17.0. The summed E-state index contributed by atoms with van der Waals surface area (Å²) in [7, 11) is 3.81. The third kappa shape index (κ3) is 11.3. The summed E-state index contributed by atoms with van der Waals surface area (Å²) in [4.78, 5) is 67.2. The van der Waals surface area contributed by atoms with Crippen molar-refractivity contribution in [1.82, 2.24) is 4.90 Å². The van der Waals surface area contributed by atoms with Crippen LogP contribution in [0, 0.1) is 29.6 Å². The molecule has 4 fully saturated rings. The Balaban J connectivity index is 1.77. The zero-order valence-corrected chi connectivity index (χ0v) is 35.6. The normalized spacial score (nSPS) is 42.7. The van der Waals surface area contributed by atoms with Gasteiger partial charge in [0.05, 0.1) is 48.9 Å². The van der Waals surface area contributed by atoms with Gasteiger partial charge in [-0.15, -0.1) is 0 Å². The number of ketones is 1. The molecule has 0 saturated carbocycles. The van der Waals surface area contributed by atoms with Gasteiger partial charge < -0.3 is 47.5 Å². The third-order valence-electron chi connectivity index (χ3n) is 12.2. The Labute approximate surface area is 332 Å². The molecule has 320 valence electrons. The minimum atomic E-state index is -1.16. The maximum atomic E-state index is 14.3. The van der Waals surface area contributed by atoms with Crippen molar-refractivity contribution < 1.29 is 66.6 Å². The van der Waals surface area contributed by atoms with Crippen LogP contribution in [0.5, 0.6) is 0 Å². The molecule has 4 saturated heterocycles. The van der Waals surface area contributed by atoms with Gasteiger partial charge in [-0.2, -0.15) is 0 Å². The minimum absolute atomic E-state index is 0.0667. The quantitative estimate of drug-likeness (QED) is 0.182. The Morgan fingerprint density at radius 2 is 1.34 bits per heavy atom. The van der Waals surface area contributed by atoms with Gasteiger partial charge in [0, 0.05) is 45.4 Å². The highest BCUT2D eigenvalue weighted by atomic mass is 16.7. The first-order valence-corrected chi connectivity index (χ1v) is 20.4. The molecule has 0 aliphatic carbocycles. The monoisotopic (exact) mass is 797 g/mol. The molecule has 0 aromatic carbocycles. The van der Waals surface area contributed by atoms with Gasteiger partial charge in [0.25, 0.3) is 0 Å². The van der Waals surface area contributed by atoms with Crippen molar-refractivity contribution in [2.75, 3.05) is 20.7 Å². The van der Waals surface area contributed by atoms with Gasteiger partial charge in [0.1, 0.15) is 18.3 Å². The van der Waals surface area contributed by atoms with Gasteiger partial charge in [-0.1, -0.05) is 27.7 Å². The number of hydrogen-bond donors (Lipinski definition) is 0. The van der Waals surface area contributed by atoms with Crippen molar-refractivity contribution in [1.29, 1.82) is 0 Å². The van der Waals surface area contributed by atoms with Gasteiger partial charge in [-0.05, 0) is 67.0 Å². The number of nitrogens with zero attached hydrogens (tertiary/aromatic N) is 1. The molecule has 17 atom stereocenters. The van der Waals surface area contributed by atoms with E-state index < -0.39 is 108 Å². The van der Waals surface area contributed by atoms with Crippen molar-refractivity contribution in [3.8, 4) is 0 Å². The van der Waals surface area contributed by atoms with E-state index in [1.807, 2.05) is 46.7 Å². The van der Waals surface area contributed by atoms with Crippen LogP contribution in [0.25, 0.3) is 0 Å². The SMILES string of the molecule is CC[C@@H]1C[C@@H](OC2C[C@H](O[C@H]3O[C@@H](C)C[C@@H](N(C)C)[C@@H]3OC(C)=O)[C@H](C)C[C@]3(CO3)C(=O)[C@@H](C)[C@H](OC(C)=O)[C@H](C)[C@H](C)OC(=O)[C@H]2C)O[C@H](C)[C@H]1OC(C)=O. The fourth-order valence-corrected chi connectivity index (χ4v) is 8.70. The van der Waals surface area contributed by atoms with Crippen LogP contribution in [0.4, 0.5) is 0 Å². The van der Waals surface area contributed by atoms with Crippen LogP contribution in [0.15, 0.2) is 0 Å². The summed E-state index contributed by atoms with van der Waals surface area (Å²) >= 11 is 0. The lowest BCUT2D eigenvalue weighted by atomic mass is 9.78. The lowest BCUT2D eigenvalue weighted by Gasteiger charge is -2.45. The Morgan fingerprint density at radius 3 is 1.89 bits per heavy atom. The van der Waals surface area contributed by atoms with E-state index in [4.69, 9.17) is 42.6 Å². The number of rotatable bonds is 9. The molecule has 4 aliphatic heterocycles. The number of likely N-dealkylation sites (N-methyl/N-ethyl adjacent to an activating group) is 1. The van der Waals surface area contributed by atoms with Crippen molar-refractivity contribution in [3.05, 3.63) is 0 Å². The van der Waals surface area contributed by atoms with Gasteiger partial charge >= 0.3 is 23.9 Å². The molecule has 4 aliphatic rings. The zero-order valence-electron chi connectivity index (χ0n) is 35.6. The molecule has 0 N–H and O–H groups in total. The number of carbonyl (C=O) groups is 5. The summed E-state index contributed by atoms with van der Waals surface area (Å²) in [6.07, 6.45) is -4.87. The summed E-state index contributed by atoms with van der Waals surface area (Å²) in [6.45, 7) is 18.8. The number of hydrogen-bond acceptors (Lipinski definition) is 15. The second-order valence-electron chi connectivity index (χ2n) is 17.0.